The van der Waals surface area contributed by atoms with Crippen molar-refractivity contribution in [3.8, 4) is 0 Å². The van der Waals surface area contributed by atoms with Crippen molar-refractivity contribution in [2.75, 3.05) is 0 Å². The van der Waals surface area contributed by atoms with Gasteiger partial charge in [-0.05, 0) is 24.1 Å². The number of allylic oxidation sites excluding steroid dienone is 2. The van der Waals surface area contributed by atoms with E-state index in [1.54, 1.807) is 0 Å². The Kier molecular flexibility index (Phi) is 3.32. The summed E-state index contributed by atoms with van der Waals surface area (Å²) in [6.07, 6.45) is 15.0. The number of hydrogen-bond acceptors (Lipinski definition) is 1. The molecule has 1 aliphatic carbocycles. The molecule has 1 heteroatoms. The molecule has 1 aliphatic heterocycles. The second-order valence-electron chi connectivity index (χ2n) is 5.62. The Bertz CT molecular complexity index is 488. The van der Waals surface area contributed by atoms with Gasteiger partial charge >= 0.3 is 0 Å². The molecule has 0 amide bonds. The molecule has 0 bridgehead atoms. The Morgan fingerprint density at radius 2 is 1.74 bits per heavy atom. The third-order valence-electron chi connectivity index (χ3n) is 4.34. The summed E-state index contributed by atoms with van der Waals surface area (Å²) in [5.41, 5.74) is 1.03. The van der Waals surface area contributed by atoms with Gasteiger partial charge in [0.05, 0.1) is 0 Å². The van der Waals surface area contributed by atoms with Crippen LogP contribution in [-0.4, -0.2) is 5.60 Å². The SMILES string of the molecule is CCCCCCC12C=CC=CC1(c1ccccc1)O2. The maximum absolute atomic E-state index is 6.25. The highest BCUT2D eigenvalue weighted by molar-refractivity contribution is 5.47. The Morgan fingerprint density at radius 3 is 2.53 bits per heavy atom. The van der Waals surface area contributed by atoms with Crippen molar-refractivity contribution in [3.05, 3.63) is 60.2 Å². The van der Waals surface area contributed by atoms with Gasteiger partial charge in [-0.3, -0.25) is 0 Å². The van der Waals surface area contributed by atoms with Gasteiger partial charge in [0.25, 0.3) is 0 Å². The van der Waals surface area contributed by atoms with Gasteiger partial charge in [0, 0.05) is 0 Å². The van der Waals surface area contributed by atoms with Crippen LogP contribution in [-0.2, 0) is 10.3 Å². The lowest BCUT2D eigenvalue weighted by atomic mass is 9.80. The molecule has 19 heavy (non-hydrogen) atoms. The van der Waals surface area contributed by atoms with E-state index in [1.807, 2.05) is 0 Å². The smallest absolute Gasteiger partial charge is 0.145 e. The van der Waals surface area contributed by atoms with Crippen LogP contribution in [0.1, 0.15) is 44.6 Å². The van der Waals surface area contributed by atoms with Gasteiger partial charge in [-0.1, -0.05) is 75.1 Å². The highest BCUT2D eigenvalue weighted by Gasteiger charge is 2.67. The first-order valence-electron chi connectivity index (χ1n) is 7.46. The predicted molar refractivity (Wildman–Crippen MR) is 79.0 cm³/mol. The molecular formula is C18H22O. The molecule has 100 valence electrons. The van der Waals surface area contributed by atoms with Crippen molar-refractivity contribution in [3.63, 3.8) is 0 Å². The normalized spacial score (nSPS) is 31.2. The van der Waals surface area contributed by atoms with Gasteiger partial charge in [0.2, 0.25) is 0 Å². The quantitative estimate of drug-likeness (QED) is 0.527. The van der Waals surface area contributed by atoms with Gasteiger partial charge in [0.15, 0.2) is 0 Å². The van der Waals surface area contributed by atoms with Crippen LogP contribution < -0.4 is 0 Å². The predicted octanol–water partition coefficient (Wildman–Crippen LogP) is 4.75. The van der Waals surface area contributed by atoms with Crippen LogP contribution in [0.3, 0.4) is 0 Å². The number of fused-ring (bicyclic) bond motifs is 1. The zero-order valence-corrected chi connectivity index (χ0v) is 11.6. The van der Waals surface area contributed by atoms with Gasteiger partial charge < -0.3 is 4.74 Å². The minimum atomic E-state index is -0.185. The van der Waals surface area contributed by atoms with Crippen LogP contribution in [0.2, 0.25) is 0 Å². The Hall–Kier alpha value is -1.34. The summed E-state index contributed by atoms with van der Waals surface area (Å²) in [7, 11) is 0. The lowest BCUT2D eigenvalue weighted by molar-refractivity contribution is 0.295. The maximum Gasteiger partial charge on any atom is 0.145 e. The van der Waals surface area contributed by atoms with E-state index < -0.39 is 0 Å². The summed E-state index contributed by atoms with van der Waals surface area (Å²) in [6, 6.07) is 10.6. The van der Waals surface area contributed by atoms with Crippen molar-refractivity contribution < 1.29 is 4.74 Å². The molecule has 2 atom stereocenters. The minimum absolute atomic E-state index is 0.0726. The van der Waals surface area contributed by atoms with E-state index in [2.05, 4.69) is 61.6 Å². The van der Waals surface area contributed by atoms with E-state index >= 15 is 0 Å². The van der Waals surface area contributed by atoms with Gasteiger partial charge in [0.1, 0.15) is 11.2 Å². The monoisotopic (exact) mass is 254 g/mol. The third kappa shape index (κ3) is 2.06. The molecule has 0 aromatic heterocycles. The molecule has 1 aromatic carbocycles. The molecular weight excluding hydrogens is 232 g/mol. The average molecular weight is 254 g/mol. The van der Waals surface area contributed by atoms with E-state index in [1.165, 1.54) is 31.2 Å². The molecule has 1 heterocycles. The lowest BCUT2D eigenvalue weighted by Crippen LogP contribution is -2.22. The highest BCUT2D eigenvalue weighted by Crippen LogP contribution is 2.61. The molecule has 3 rings (SSSR count). The van der Waals surface area contributed by atoms with Crippen LogP contribution >= 0.6 is 0 Å². The Labute approximate surface area is 116 Å². The average Bonchev–Trinajstić information content (AvgIpc) is 3.15. The van der Waals surface area contributed by atoms with Crippen molar-refractivity contribution >= 4 is 0 Å². The van der Waals surface area contributed by atoms with Crippen LogP contribution in [0.15, 0.2) is 54.6 Å². The van der Waals surface area contributed by atoms with E-state index in [9.17, 15) is 0 Å². The maximum atomic E-state index is 6.25. The molecule has 0 radical (unpaired) electrons. The summed E-state index contributed by atoms with van der Waals surface area (Å²) >= 11 is 0. The van der Waals surface area contributed by atoms with Gasteiger partial charge in [-0.15, -0.1) is 0 Å². The molecule has 2 aliphatic rings. The van der Waals surface area contributed by atoms with Crippen molar-refractivity contribution in [1.82, 2.24) is 0 Å². The van der Waals surface area contributed by atoms with Gasteiger partial charge in [-0.25, -0.2) is 0 Å². The molecule has 0 saturated carbocycles. The summed E-state index contributed by atoms with van der Waals surface area (Å²) in [4.78, 5) is 0. The number of hydrogen-bond donors (Lipinski definition) is 0. The third-order valence-corrected chi connectivity index (χ3v) is 4.34. The molecule has 2 unspecified atom stereocenters. The zero-order chi connectivity index (χ0) is 13.2. The van der Waals surface area contributed by atoms with Crippen LogP contribution in [0.4, 0.5) is 0 Å². The number of epoxide rings is 1. The minimum Gasteiger partial charge on any atom is -0.348 e. The zero-order valence-electron chi connectivity index (χ0n) is 11.6. The first-order valence-corrected chi connectivity index (χ1v) is 7.46. The van der Waals surface area contributed by atoms with Crippen molar-refractivity contribution in [1.29, 1.82) is 0 Å². The molecule has 0 spiro atoms. The fourth-order valence-corrected chi connectivity index (χ4v) is 3.22. The molecule has 1 aromatic rings. The van der Waals surface area contributed by atoms with E-state index in [0.717, 1.165) is 6.42 Å². The summed E-state index contributed by atoms with van der Waals surface area (Å²) < 4.78 is 6.25. The molecule has 1 fully saturated rings. The van der Waals surface area contributed by atoms with Gasteiger partial charge in [-0.2, -0.15) is 0 Å². The summed E-state index contributed by atoms with van der Waals surface area (Å²) in [6.45, 7) is 2.25. The first-order chi connectivity index (χ1) is 9.33. The van der Waals surface area contributed by atoms with Crippen molar-refractivity contribution in [2.45, 2.75) is 50.2 Å². The summed E-state index contributed by atoms with van der Waals surface area (Å²) in [5, 5.41) is 0. The fourth-order valence-electron chi connectivity index (χ4n) is 3.22. The number of unbranched alkanes of at least 4 members (excludes halogenated alkanes) is 3. The number of benzene rings is 1. The standard InChI is InChI=1S/C18H22O/c1-2-3-4-8-13-17-14-9-10-15-18(17,19-17)16-11-6-5-7-12-16/h5-7,9-12,14-15H,2-4,8,13H2,1H3. The molecule has 1 nitrogen and oxygen atoms in total. The number of rotatable bonds is 6. The van der Waals surface area contributed by atoms with Crippen LogP contribution in [0.5, 0.6) is 0 Å². The highest BCUT2D eigenvalue weighted by atomic mass is 16.6. The molecule has 1 saturated heterocycles. The van der Waals surface area contributed by atoms with E-state index in [0.29, 0.717) is 0 Å². The Morgan fingerprint density at radius 1 is 0.947 bits per heavy atom. The Balaban J connectivity index is 1.76. The lowest BCUT2D eigenvalue weighted by Gasteiger charge is -2.17. The van der Waals surface area contributed by atoms with E-state index in [4.69, 9.17) is 4.74 Å². The van der Waals surface area contributed by atoms with E-state index in [-0.39, 0.29) is 11.2 Å². The fraction of sp³-hybridized carbons (Fsp3) is 0.444. The van der Waals surface area contributed by atoms with Crippen LogP contribution in [0.25, 0.3) is 0 Å². The largest absolute Gasteiger partial charge is 0.348 e. The summed E-state index contributed by atoms with van der Waals surface area (Å²) in [5.74, 6) is 0. The topological polar surface area (TPSA) is 12.5 Å². The second kappa shape index (κ2) is 4.97. The first kappa shape index (κ1) is 12.7. The number of ether oxygens (including phenoxy) is 1. The second-order valence-corrected chi connectivity index (χ2v) is 5.62. The van der Waals surface area contributed by atoms with Crippen LogP contribution in [0, 0.1) is 0 Å². The molecule has 0 N–H and O–H groups in total. The van der Waals surface area contributed by atoms with Crippen molar-refractivity contribution in [2.24, 2.45) is 0 Å².